The summed E-state index contributed by atoms with van der Waals surface area (Å²) in [4.78, 5) is 4.98. The number of rotatable bonds is 3. The minimum atomic E-state index is -0.0692. The second-order valence-corrected chi connectivity index (χ2v) is 8.43. The monoisotopic (exact) mass is 370 g/mol. The summed E-state index contributed by atoms with van der Waals surface area (Å²) in [5.74, 6) is 0.914. The van der Waals surface area contributed by atoms with E-state index in [0.29, 0.717) is 0 Å². The molecule has 1 N–H and O–H groups in total. The van der Waals surface area contributed by atoms with Crippen molar-refractivity contribution in [2.24, 2.45) is 0 Å². The van der Waals surface area contributed by atoms with Crippen molar-refractivity contribution in [1.29, 1.82) is 0 Å². The van der Waals surface area contributed by atoms with E-state index in [-0.39, 0.29) is 5.41 Å². The fraction of sp³-hybridized carbons (Fsp3) is 0.250. The van der Waals surface area contributed by atoms with Crippen molar-refractivity contribution in [3.05, 3.63) is 77.6 Å². The number of hydrogen-bond acceptors (Lipinski definition) is 3. The van der Waals surface area contributed by atoms with Gasteiger partial charge < -0.3 is 5.32 Å². The summed E-state index contributed by atoms with van der Waals surface area (Å²) in [7, 11) is 0. The lowest BCUT2D eigenvalue weighted by molar-refractivity contribution is 0.569. The van der Waals surface area contributed by atoms with Crippen molar-refractivity contribution < 1.29 is 0 Å². The number of aromatic nitrogens is 3. The van der Waals surface area contributed by atoms with Gasteiger partial charge in [0, 0.05) is 22.7 Å². The highest BCUT2D eigenvalue weighted by Crippen LogP contribution is 2.30. The van der Waals surface area contributed by atoms with E-state index in [1.165, 1.54) is 11.1 Å². The normalized spacial score (nSPS) is 11.8. The predicted octanol–water partition coefficient (Wildman–Crippen LogP) is 6.05. The Morgan fingerprint density at radius 3 is 2.07 bits per heavy atom. The van der Waals surface area contributed by atoms with Crippen LogP contribution in [0.15, 0.2) is 60.8 Å². The number of hydrogen-bond donors (Lipinski definition) is 1. The highest BCUT2D eigenvalue weighted by Gasteiger charge is 2.20. The van der Waals surface area contributed by atoms with Gasteiger partial charge in [0.2, 0.25) is 0 Å². The first-order valence-corrected chi connectivity index (χ1v) is 9.61. The average Bonchev–Trinajstić information content (AvgIpc) is 3.08. The van der Waals surface area contributed by atoms with Crippen LogP contribution in [0.2, 0.25) is 0 Å². The molecule has 4 rings (SSSR count). The number of anilines is 2. The molecule has 0 radical (unpaired) electrons. The summed E-state index contributed by atoms with van der Waals surface area (Å²) in [6.45, 7) is 10.7. The Morgan fingerprint density at radius 1 is 0.857 bits per heavy atom. The van der Waals surface area contributed by atoms with Crippen LogP contribution in [0.1, 0.15) is 37.6 Å². The first-order valence-electron chi connectivity index (χ1n) is 9.61. The zero-order chi connectivity index (χ0) is 19.9. The molecule has 0 atom stereocenters. The Bertz CT molecular complexity index is 1110. The lowest BCUT2D eigenvalue weighted by atomic mass is 9.92. The maximum absolute atomic E-state index is 4.98. The van der Waals surface area contributed by atoms with E-state index in [1.54, 1.807) is 0 Å². The Morgan fingerprint density at radius 2 is 1.46 bits per heavy atom. The van der Waals surface area contributed by atoms with Crippen LogP contribution in [0, 0.1) is 13.8 Å². The lowest BCUT2D eigenvalue weighted by Crippen LogP contribution is -2.16. The molecule has 28 heavy (non-hydrogen) atoms. The van der Waals surface area contributed by atoms with Gasteiger partial charge in [-0.25, -0.2) is 4.98 Å². The van der Waals surface area contributed by atoms with Crippen LogP contribution in [0.5, 0.6) is 0 Å². The Labute approximate surface area is 166 Å². The SMILES string of the molecule is Cc1ccc(Nc2cc(C(C)(C)C)nc3c(-c4ccc(C)cc4)cnn23)cc1. The van der Waals surface area contributed by atoms with E-state index in [1.807, 2.05) is 10.7 Å². The third-order valence-electron chi connectivity index (χ3n) is 4.93. The first-order chi connectivity index (χ1) is 13.3. The van der Waals surface area contributed by atoms with Crippen molar-refractivity contribution in [3.8, 4) is 11.1 Å². The van der Waals surface area contributed by atoms with E-state index in [9.17, 15) is 0 Å². The van der Waals surface area contributed by atoms with Crippen LogP contribution in [0.3, 0.4) is 0 Å². The van der Waals surface area contributed by atoms with Crippen LogP contribution in [0.25, 0.3) is 16.8 Å². The molecule has 0 fully saturated rings. The summed E-state index contributed by atoms with van der Waals surface area (Å²) in [6, 6.07) is 19.0. The summed E-state index contributed by atoms with van der Waals surface area (Å²) >= 11 is 0. The highest BCUT2D eigenvalue weighted by molar-refractivity contribution is 5.79. The lowest BCUT2D eigenvalue weighted by Gasteiger charge is -2.20. The molecule has 0 aliphatic rings. The van der Waals surface area contributed by atoms with Crippen LogP contribution < -0.4 is 5.32 Å². The molecule has 142 valence electrons. The van der Waals surface area contributed by atoms with Gasteiger partial charge >= 0.3 is 0 Å². The molecule has 0 amide bonds. The Hall–Kier alpha value is -3.14. The van der Waals surface area contributed by atoms with Crippen molar-refractivity contribution >= 4 is 17.2 Å². The fourth-order valence-corrected chi connectivity index (χ4v) is 3.16. The van der Waals surface area contributed by atoms with Gasteiger partial charge in [-0.2, -0.15) is 9.61 Å². The van der Waals surface area contributed by atoms with Crippen LogP contribution in [-0.4, -0.2) is 14.6 Å². The maximum Gasteiger partial charge on any atom is 0.165 e. The molecule has 2 aromatic heterocycles. The van der Waals surface area contributed by atoms with Crippen LogP contribution in [-0.2, 0) is 5.41 Å². The minimum Gasteiger partial charge on any atom is -0.340 e. The van der Waals surface area contributed by atoms with Crippen molar-refractivity contribution in [1.82, 2.24) is 14.6 Å². The molecule has 0 saturated carbocycles. The topological polar surface area (TPSA) is 42.2 Å². The molecule has 0 unspecified atom stereocenters. The standard InChI is InChI=1S/C24H26N4/c1-16-6-10-18(11-7-16)20-15-25-28-22(26-19-12-8-17(2)9-13-19)14-21(24(3,4)5)27-23(20)28/h6-15,26H,1-5H3. The predicted molar refractivity (Wildman–Crippen MR) is 116 cm³/mol. The van der Waals surface area contributed by atoms with Gasteiger partial charge in [0.25, 0.3) is 0 Å². The zero-order valence-corrected chi connectivity index (χ0v) is 17.1. The smallest absolute Gasteiger partial charge is 0.165 e. The molecule has 4 nitrogen and oxygen atoms in total. The van der Waals surface area contributed by atoms with Gasteiger partial charge in [0.05, 0.1) is 11.9 Å². The molecule has 0 aliphatic carbocycles. The quantitative estimate of drug-likeness (QED) is 0.477. The fourth-order valence-electron chi connectivity index (χ4n) is 3.16. The van der Waals surface area contributed by atoms with Gasteiger partial charge in [-0.15, -0.1) is 0 Å². The average molecular weight is 371 g/mol. The summed E-state index contributed by atoms with van der Waals surface area (Å²) in [5, 5.41) is 8.17. The van der Waals surface area contributed by atoms with Crippen LogP contribution >= 0.6 is 0 Å². The van der Waals surface area contributed by atoms with Gasteiger partial charge in [-0.1, -0.05) is 68.3 Å². The van der Waals surface area contributed by atoms with E-state index in [2.05, 4.69) is 99.6 Å². The maximum atomic E-state index is 4.98. The molecular formula is C24H26N4. The largest absolute Gasteiger partial charge is 0.340 e. The summed E-state index contributed by atoms with van der Waals surface area (Å²) in [6.07, 6.45) is 1.90. The number of benzene rings is 2. The molecular weight excluding hydrogens is 344 g/mol. The second-order valence-electron chi connectivity index (χ2n) is 8.43. The minimum absolute atomic E-state index is 0.0692. The molecule has 2 aromatic carbocycles. The van der Waals surface area contributed by atoms with Crippen molar-refractivity contribution in [2.75, 3.05) is 5.32 Å². The van der Waals surface area contributed by atoms with E-state index in [4.69, 9.17) is 4.98 Å². The highest BCUT2D eigenvalue weighted by atomic mass is 15.3. The van der Waals surface area contributed by atoms with Gasteiger partial charge in [-0.3, -0.25) is 0 Å². The van der Waals surface area contributed by atoms with Crippen LogP contribution in [0.4, 0.5) is 11.5 Å². The zero-order valence-electron chi connectivity index (χ0n) is 17.1. The number of aryl methyl sites for hydroxylation is 2. The molecule has 0 saturated heterocycles. The summed E-state index contributed by atoms with van der Waals surface area (Å²) < 4.78 is 1.89. The van der Waals surface area contributed by atoms with E-state index in [0.717, 1.165) is 34.0 Å². The molecule has 0 aliphatic heterocycles. The Balaban J connectivity index is 1.88. The molecule has 4 aromatic rings. The van der Waals surface area contributed by atoms with Gasteiger partial charge in [0.1, 0.15) is 5.82 Å². The van der Waals surface area contributed by atoms with E-state index < -0.39 is 0 Å². The number of fused-ring (bicyclic) bond motifs is 1. The van der Waals surface area contributed by atoms with Gasteiger partial charge in [0.15, 0.2) is 5.65 Å². The molecule has 2 heterocycles. The Kier molecular flexibility index (Phi) is 4.42. The number of nitrogens with zero attached hydrogens (tertiary/aromatic N) is 3. The second kappa shape index (κ2) is 6.79. The van der Waals surface area contributed by atoms with Gasteiger partial charge in [-0.05, 0) is 31.5 Å². The number of nitrogens with one attached hydrogen (secondary N) is 1. The third kappa shape index (κ3) is 3.50. The van der Waals surface area contributed by atoms with Crippen molar-refractivity contribution in [3.63, 3.8) is 0 Å². The molecule has 4 heteroatoms. The van der Waals surface area contributed by atoms with Crippen molar-refractivity contribution in [2.45, 2.75) is 40.0 Å². The van der Waals surface area contributed by atoms with E-state index >= 15 is 0 Å². The molecule has 0 bridgehead atoms. The third-order valence-corrected chi connectivity index (χ3v) is 4.93. The summed E-state index contributed by atoms with van der Waals surface area (Å²) in [5.41, 5.74) is 7.50. The first kappa shape index (κ1) is 18.2. The molecule has 0 spiro atoms.